The van der Waals surface area contributed by atoms with Gasteiger partial charge in [-0.15, -0.1) is 0 Å². The van der Waals surface area contributed by atoms with Gasteiger partial charge in [-0.1, -0.05) is 0 Å². The zero-order valence-electron chi connectivity index (χ0n) is 10.3. The molecular weight excluding hydrogens is 261 g/mol. The Labute approximate surface area is 113 Å². The molecule has 0 radical (unpaired) electrons. The van der Waals surface area contributed by atoms with Crippen molar-refractivity contribution in [2.75, 3.05) is 4.90 Å². The lowest BCUT2D eigenvalue weighted by Crippen LogP contribution is -2.30. The maximum atomic E-state index is 13.2. The highest BCUT2D eigenvalue weighted by Gasteiger charge is 2.37. The molecule has 0 bridgehead atoms. The molecule has 3 rings (SSSR count). The number of nitrogens with zero attached hydrogens (tertiary/aromatic N) is 2. The number of carbonyl (C=O) groups excluding carboxylic acids is 2. The number of rotatable bonds is 2. The fourth-order valence-corrected chi connectivity index (χ4v) is 2.24. The Morgan fingerprint density at radius 3 is 2.60 bits per heavy atom. The van der Waals surface area contributed by atoms with Crippen LogP contribution >= 0.6 is 0 Å². The second kappa shape index (κ2) is 4.50. The largest absolute Gasteiger partial charge is 0.326 e. The van der Waals surface area contributed by atoms with Crippen LogP contribution < -0.4 is 10.6 Å². The van der Waals surface area contributed by atoms with E-state index in [0.29, 0.717) is 11.3 Å². The molecule has 2 aromatic rings. The Morgan fingerprint density at radius 2 is 1.90 bits per heavy atom. The van der Waals surface area contributed by atoms with E-state index in [0.717, 1.165) is 4.90 Å². The predicted octanol–water partition coefficient (Wildman–Crippen LogP) is 1.48. The average Bonchev–Trinajstić information content (AvgIpc) is 2.72. The van der Waals surface area contributed by atoms with Gasteiger partial charge in [0.25, 0.3) is 11.8 Å². The minimum atomic E-state index is -0.473. The molecule has 1 aromatic heterocycles. The summed E-state index contributed by atoms with van der Waals surface area (Å²) < 4.78 is 13.2. The van der Waals surface area contributed by atoms with E-state index in [-0.39, 0.29) is 17.7 Å². The summed E-state index contributed by atoms with van der Waals surface area (Å²) in [5, 5.41) is 0. The van der Waals surface area contributed by atoms with E-state index in [1.165, 1.54) is 36.7 Å². The zero-order chi connectivity index (χ0) is 14.3. The van der Waals surface area contributed by atoms with Crippen LogP contribution in [0, 0.1) is 5.82 Å². The third kappa shape index (κ3) is 1.70. The van der Waals surface area contributed by atoms with Gasteiger partial charge in [0, 0.05) is 18.9 Å². The normalized spacial score (nSPS) is 13.8. The quantitative estimate of drug-likeness (QED) is 0.839. The maximum Gasteiger partial charge on any atom is 0.267 e. The Hall–Kier alpha value is -2.60. The number of halogens is 1. The lowest BCUT2D eigenvalue weighted by atomic mass is 10.1. The fraction of sp³-hybridized carbons (Fsp3) is 0.0714. The molecule has 0 spiro atoms. The van der Waals surface area contributed by atoms with E-state index in [4.69, 9.17) is 5.73 Å². The Bertz CT molecular complexity index is 695. The number of anilines is 1. The maximum absolute atomic E-state index is 13.2. The molecule has 6 heteroatoms. The number of pyridine rings is 1. The SMILES string of the molecule is NCc1cc(F)ccc1N1C(=O)c2ccncc2C1=O. The predicted molar refractivity (Wildman–Crippen MR) is 69.7 cm³/mol. The number of fused-ring (bicyclic) bond motifs is 1. The molecule has 0 saturated heterocycles. The van der Waals surface area contributed by atoms with Gasteiger partial charge < -0.3 is 5.73 Å². The molecule has 1 aliphatic rings. The number of nitrogens with two attached hydrogens (primary N) is 1. The molecule has 1 aliphatic heterocycles. The van der Waals surface area contributed by atoms with Crippen molar-refractivity contribution in [3.63, 3.8) is 0 Å². The molecular formula is C14H10FN3O2. The monoisotopic (exact) mass is 271 g/mol. The van der Waals surface area contributed by atoms with E-state index in [1.54, 1.807) is 0 Å². The van der Waals surface area contributed by atoms with E-state index in [9.17, 15) is 14.0 Å². The standard InChI is InChI=1S/C14H10FN3O2/c15-9-1-2-12(8(5-9)6-16)18-13(19)10-3-4-17-7-11(10)14(18)20/h1-5,7H,6,16H2. The van der Waals surface area contributed by atoms with Crippen molar-refractivity contribution in [3.8, 4) is 0 Å². The molecule has 0 fully saturated rings. The highest BCUT2D eigenvalue weighted by Crippen LogP contribution is 2.30. The van der Waals surface area contributed by atoms with Crippen LogP contribution in [0.5, 0.6) is 0 Å². The van der Waals surface area contributed by atoms with Crippen molar-refractivity contribution in [1.82, 2.24) is 4.98 Å². The first-order valence-corrected chi connectivity index (χ1v) is 5.94. The second-order valence-electron chi connectivity index (χ2n) is 4.34. The third-order valence-corrected chi connectivity index (χ3v) is 3.19. The van der Waals surface area contributed by atoms with E-state index >= 15 is 0 Å². The van der Waals surface area contributed by atoms with E-state index < -0.39 is 17.6 Å². The van der Waals surface area contributed by atoms with Crippen molar-refractivity contribution >= 4 is 17.5 Å². The van der Waals surface area contributed by atoms with Crippen LogP contribution in [0.3, 0.4) is 0 Å². The molecule has 0 unspecified atom stereocenters. The van der Waals surface area contributed by atoms with Gasteiger partial charge in [-0.25, -0.2) is 9.29 Å². The van der Waals surface area contributed by atoms with Crippen molar-refractivity contribution in [2.45, 2.75) is 6.54 Å². The smallest absolute Gasteiger partial charge is 0.267 e. The molecule has 2 N–H and O–H groups in total. The summed E-state index contributed by atoms with van der Waals surface area (Å²) in [5.74, 6) is -1.39. The highest BCUT2D eigenvalue weighted by atomic mass is 19.1. The van der Waals surface area contributed by atoms with E-state index in [1.807, 2.05) is 0 Å². The molecule has 0 atom stereocenters. The van der Waals surface area contributed by atoms with Crippen molar-refractivity contribution in [2.24, 2.45) is 5.73 Å². The molecule has 100 valence electrons. The van der Waals surface area contributed by atoms with Crippen molar-refractivity contribution < 1.29 is 14.0 Å². The highest BCUT2D eigenvalue weighted by molar-refractivity contribution is 6.34. The van der Waals surface area contributed by atoms with Gasteiger partial charge in [-0.05, 0) is 29.8 Å². The summed E-state index contributed by atoms with van der Waals surface area (Å²) in [4.78, 5) is 29.4. The van der Waals surface area contributed by atoms with Crippen LogP contribution in [0.15, 0.2) is 36.7 Å². The van der Waals surface area contributed by atoms with Crippen molar-refractivity contribution in [1.29, 1.82) is 0 Å². The molecule has 0 aliphatic carbocycles. The van der Waals surface area contributed by atoms with Gasteiger partial charge in [0.05, 0.1) is 16.8 Å². The van der Waals surface area contributed by atoms with Crippen LogP contribution in [0.4, 0.5) is 10.1 Å². The first-order chi connectivity index (χ1) is 9.63. The number of carbonyl (C=O) groups is 2. The van der Waals surface area contributed by atoms with Gasteiger partial charge in [-0.2, -0.15) is 0 Å². The van der Waals surface area contributed by atoms with Crippen LogP contribution in [0.25, 0.3) is 0 Å². The summed E-state index contributed by atoms with van der Waals surface area (Å²) in [7, 11) is 0. The summed E-state index contributed by atoms with van der Waals surface area (Å²) in [6, 6.07) is 5.28. The van der Waals surface area contributed by atoms with Gasteiger partial charge >= 0.3 is 0 Å². The Balaban J connectivity index is 2.14. The second-order valence-corrected chi connectivity index (χ2v) is 4.34. The molecule has 2 heterocycles. The molecule has 2 amide bonds. The summed E-state index contributed by atoms with van der Waals surface area (Å²) in [5.41, 5.74) is 6.79. The van der Waals surface area contributed by atoms with Crippen LogP contribution in [0.1, 0.15) is 26.3 Å². The van der Waals surface area contributed by atoms with E-state index in [2.05, 4.69) is 4.98 Å². The van der Waals surface area contributed by atoms with Crippen LogP contribution in [-0.2, 0) is 6.54 Å². The number of hydrogen-bond acceptors (Lipinski definition) is 4. The number of amides is 2. The number of imide groups is 1. The summed E-state index contributed by atoms with van der Waals surface area (Å²) in [6.45, 7) is 0.0265. The average molecular weight is 271 g/mol. The van der Waals surface area contributed by atoms with Crippen molar-refractivity contribution in [3.05, 3.63) is 59.2 Å². The molecule has 1 aromatic carbocycles. The number of hydrogen-bond donors (Lipinski definition) is 1. The number of benzene rings is 1. The van der Waals surface area contributed by atoms with Gasteiger partial charge in [0.1, 0.15) is 5.82 Å². The summed E-state index contributed by atoms with van der Waals surface area (Å²) in [6.07, 6.45) is 2.79. The Morgan fingerprint density at radius 1 is 1.15 bits per heavy atom. The minimum Gasteiger partial charge on any atom is -0.326 e. The summed E-state index contributed by atoms with van der Waals surface area (Å²) >= 11 is 0. The fourth-order valence-electron chi connectivity index (χ4n) is 2.24. The topological polar surface area (TPSA) is 76.3 Å². The first kappa shape index (κ1) is 12.4. The van der Waals surface area contributed by atoms with Gasteiger partial charge in [-0.3, -0.25) is 14.6 Å². The minimum absolute atomic E-state index is 0.0265. The van der Waals surface area contributed by atoms with Gasteiger partial charge in [0.2, 0.25) is 0 Å². The van der Waals surface area contributed by atoms with Crippen LogP contribution in [-0.4, -0.2) is 16.8 Å². The zero-order valence-corrected chi connectivity index (χ0v) is 10.3. The van der Waals surface area contributed by atoms with Gasteiger partial charge in [0.15, 0.2) is 0 Å². The molecule has 5 nitrogen and oxygen atoms in total. The molecule has 20 heavy (non-hydrogen) atoms. The molecule has 0 saturated carbocycles. The lowest BCUT2D eigenvalue weighted by molar-refractivity contribution is 0.0926. The van der Waals surface area contributed by atoms with Crippen LogP contribution in [0.2, 0.25) is 0 Å². The lowest BCUT2D eigenvalue weighted by Gasteiger charge is -2.17. The number of aromatic nitrogens is 1. The third-order valence-electron chi connectivity index (χ3n) is 3.19. The Kier molecular flexibility index (Phi) is 2.80. The first-order valence-electron chi connectivity index (χ1n) is 5.94.